The van der Waals surface area contributed by atoms with Crippen molar-refractivity contribution in [1.29, 1.82) is 0 Å². The Hall–Kier alpha value is -1.56. The van der Waals surface area contributed by atoms with Gasteiger partial charge in [0, 0.05) is 0 Å². The van der Waals surface area contributed by atoms with Crippen molar-refractivity contribution in [3.63, 3.8) is 0 Å². The maximum absolute atomic E-state index is 2.43. The molecule has 0 aliphatic heterocycles. The smallest absolute Gasteiger partial charge is 0.00142 e. The summed E-state index contributed by atoms with van der Waals surface area (Å²) in [7, 11) is 0. The summed E-state index contributed by atoms with van der Waals surface area (Å²) in [5, 5.41) is 0. The van der Waals surface area contributed by atoms with Gasteiger partial charge in [-0.1, -0.05) is 132 Å². The molecule has 0 amide bonds. The van der Waals surface area contributed by atoms with Gasteiger partial charge in [0.25, 0.3) is 0 Å². The van der Waals surface area contributed by atoms with E-state index in [9.17, 15) is 0 Å². The molecule has 1 aliphatic carbocycles. The zero-order valence-electron chi connectivity index (χ0n) is 32.4. The standard InChI is InChI=1S/C46H76/c1-9-17-21-29-39-40(30-22-18-10-2)42(32-24-20-12-4)46-34-44-38(28-16-8)36(26-14-6)35(25-13-5)37(27-15-7)43(44)33-45(46)41(39)31-23-19-11-3/h9-34H2,1-8H3. The fraction of sp³-hybridized carbons (Fsp3) is 0.739. The maximum Gasteiger partial charge on any atom is -0.00142 e. The molecule has 2 aromatic rings. The van der Waals surface area contributed by atoms with E-state index in [2.05, 4.69) is 55.4 Å². The summed E-state index contributed by atoms with van der Waals surface area (Å²) in [5.74, 6) is 0. The topological polar surface area (TPSA) is 0 Å². The van der Waals surface area contributed by atoms with E-state index < -0.39 is 0 Å². The van der Waals surface area contributed by atoms with Gasteiger partial charge >= 0.3 is 0 Å². The monoisotopic (exact) mass is 629 g/mol. The molecular weight excluding hydrogens is 553 g/mol. The first kappa shape index (κ1) is 38.9. The second-order valence-corrected chi connectivity index (χ2v) is 14.9. The Labute approximate surface area is 288 Å². The van der Waals surface area contributed by atoms with Crippen LogP contribution in [0.1, 0.15) is 225 Å². The van der Waals surface area contributed by atoms with E-state index in [1.165, 1.54) is 167 Å². The van der Waals surface area contributed by atoms with Crippen molar-refractivity contribution in [3.8, 4) is 0 Å². The Kier molecular flexibility index (Phi) is 18.1. The van der Waals surface area contributed by atoms with Crippen molar-refractivity contribution in [2.75, 3.05) is 0 Å². The van der Waals surface area contributed by atoms with Gasteiger partial charge in [-0.25, -0.2) is 0 Å². The molecule has 0 nitrogen and oxygen atoms in total. The summed E-state index contributed by atoms with van der Waals surface area (Å²) in [6.07, 6.45) is 34.0. The van der Waals surface area contributed by atoms with Crippen LogP contribution >= 0.6 is 0 Å². The molecule has 0 saturated carbocycles. The highest BCUT2D eigenvalue weighted by Gasteiger charge is 2.31. The van der Waals surface area contributed by atoms with Gasteiger partial charge < -0.3 is 0 Å². The Balaban J connectivity index is 2.41. The lowest BCUT2D eigenvalue weighted by Gasteiger charge is -2.35. The Morgan fingerprint density at radius 2 is 0.457 bits per heavy atom. The number of benzene rings is 2. The molecule has 0 unspecified atom stereocenters. The van der Waals surface area contributed by atoms with Gasteiger partial charge in [0.2, 0.25) is 0 Å². The highest BCUT2D eigenvalue weighted by atomic mass is 14.4. The van der Waals surface area contributed by atoms with Crippen molar-refractivity contribution in [1.82, 2.24) is 0 Å². The van der Waals surface area contributed by atoms with Crippen LogP contribution in [0.3, 0.4) is 0 Å². The zero-order valence-corrected chi connectivity index (χ0v) is 32.4. The summed E-state index contributed by atoms with van der Waals surface area (Å²) in [5.41, 5.74) is 21.8. The van der Waals surface area contributed by atoms with Crippen LogP contribution in [-0.2, 0) is 64.2 Å². The number of unbranched alkanes of at least 4 members (excludes halogenated alkanes) is 8. The van der Waals surface area contributed by atoms with Crippen LogP contribution in [-0.4, -0.2) is 0 Å². The number of fused-ring (bicyclic) bond motifs is 2. The summed E-state index contributed by atoms with van der Waals surface area (Å²) >= 11 is 0. The summed E-state index contributed by atoms with van der Waals surface area (Å²) in [4.78, 5) is 0. The first-order valence-electron chi connectivity index (χ1n) is 20.9. The van der Waals surface area contributed by atoms with Gasteiger partial charge in [-0.15, -0.1) is 0 Å². The average molecular weight is 629 g/mol. The fourth-order valence-corrected chi connectivity index (χ4v) is 9.01. The minimum atomic E-state index is 1.22. The molecule has 2 aromatic carbocycles. The first-order valence-corrected chi connectivity index (χ1v) is 20.9. The van der Waals surface area contributed by atoms with E-state index in [4.69, 9.17) is 0 Å². The molecule has 1 aliphatic rings. The summed E-state index contributed by atoms with van der Waals surface area (Å²) in [6.45, 7) is 19.2. The number of hydrogen-bond donors (Lipinski definition) is 0. The quantitative estimate of drug-likeness (QED) is 0.0866. The molecule has 3 rings (SSSR count). The highest BCUT2D eigenvalue weighted by Crippen LogP contribution is 2.44. The molecule has 0 heterocycles. The zero-order chi connectivity index (χ0) is 33.3. The van der Waals surface area contributed by atoms with E-state index in [1.54, 1.807) is 33.4 Å². The third kappa shape index (κ3) is 9.75. The molecule has 0 N–H and O–H groups in total. The van der Waals surface area contributed by atoms with E-state index in [1.807, 2.05) is 33.4 Å². The molecule has 0 atom stereocenters. The molecule has 0 bridgehead atoms. The predicted octanol–water partition coefficient (Wildman–Crippen LogP) is 13.9. The lowest BCUT2D eigenvalue weighted by Crippen LogP contribution is -2.23. The van der Waals surface area contributed by atoms with Crippen molar-refractivity contribution < 1.29 is 0 Å². The molecule has 0 radical (unpaired) electrons. The molecule has 0 saturated heterocycles. The minimum Gasteiger partial charge on any atom is -0.0654 e. The summed E-state index contributed by atoms with van der Waals surface area (Å²) in [6, 6.07) is 0. The van der Waals surface area contributed by atoms with Gasteiger partial charge in [0.15, 0.2) is 0 Å². The van der Waals surface area contributed by atoms with Gasteiger partial charge in [-0.3, -0.25) is 0 Å². The molecular formula is C46H76. The molecule has 0 fully saturated rings. The second kappa shape index (κ2) is 21.4. The van der Waals surface area contributed by atoms with Crippen LogP contribution in [0.2, 0.25) is 0 Å². The van der Waals surface area contributed by atoms with Crippen LogP contribution in [0.5, 0.6) is 0 Å². The predicted molar refractivity (Wildman–Crippen MR) is 207 cm³/mol. The van der Waals surface area contributed by atoms with Gasteiger partial charge in [0.1, 0.15) is 0 Å². The van der Waals surface area contributed by atoms with Gasteiger partial charge in [-0.2, -0.15) is 0 Å². The van der Waals surface area contributed by atoms with Crippen LogP contribution in [0.15, 0.2) is 0 Å². The van der Waals surface area contributed by atoms with Crippen molar-refractivity contribution >= 4 is 0 Å². The van der Waals surface area contributed by atoms with Gasteiger partial charge in [-0.05, 0) is 157 Å². The van der Waals surface area contributed by atoms with Crippen LogP contribution in [0, 0.1) is 0 Å². The van der Waals surface area contributed by atoms with Crippen molar-refractivity contribution in [2.24, 2.45) is 0 Å². The molecule has 0 spiro atoms. The lowest BCUT2D eigenvalue weighted by molar-refractivity contribution is 0.657. The lowest BCUT2D eigenvalue weighted by atomic mass is 9.69. The van der Waals surface area contributed by atoms with Crippen LogP contribution in [0.4, 0.5) is 0 Å². The van der Waals surface area contributed by atoms with E-state index in [0.717, 1.165) is 0 Å². The number of hydrogen-bond acceptors (Lipinski definition) is 0. The van der Waals surface area contributed by atoms with Gasteiger partial charge in [0.05, 0.1) is 0 Å². The molecule has 260 valence electrons. The van der Waals surface area contributed by atoms with E-state index in [0.29, 0.717) is 0 Å². The normalized spacial score (nSPS) is 12.5. The second-order valence-electron chi connectivity index (χ2n) is 14.9. The van der Waals surface area contributed by atoms with E-state index >= 15 is 0 Å². The third-order valence-electron chi connectivity index (χ3n) is 11.2. The first-order chi connectivity index (χ1) is 22.6. The van der Waals surface area contributed by atoms with Crippen LogP contribution < -0.4 is 0 Å². The SMILES string of the molecule is CCCCCc1c(CCCCC)c(CCCCC)c2c(c1CCCCC)Cc1c(CCC)c(CCC)c(CCC)c(CCC)c1C2. The molecule has 0 heteroatoms. The minimum absolute atomic E-state index is 1.22. The molecule has 46 heavy (non-hydrogen) atoms. The maximum atomic E-state index is 2.43. The Morgan fingerprint density at radius 3 is 0.717 bits per heavy atom. The Bertz CT molecular complexity index is 1090. The number of rotatable bonds is 24. The molecule has 0 aromatic heterocycles. The van der Waals surface area contributed by atoms with E-state index in [-0.39, 0.29) is 0 Å². The third-order valence-corrected chi connectivity index (χ3v) is 11.2. The highest BCUT2D eigenvalue weighted by molar-refractivity contribution is 5.63. The summed E-state index contributed by atoms with van der Waals surface area (Å²) < 4.78 is 0. The van der Waals surface area contributed by atoms with Crippen molar-refractivity contribution in [3.05, 3.63) is 66.8 Å². The Morgan fingerprint density at radius 1 is 0.239 bits per heavy atom. The van der Waals surface area contributed by atoms with Crippen LogP contribution in [0.25, 0.3) is 0 Å². The largest absolute Gasteiger partial charge is 0.0654 e. The average Bonchev–Trinajstić information content (AvgIpc) is 3.05. The van der Waals surface area contributed by atoms with Crippen molar-refractivity contribution in [2.45, 2.75) is 222 Å². The fourth-order valence-electron chi connectivity index (χ4n) is 9.01.